The molecule has 0 saturated carbocycles. The molecule has 1 heterocycles. The van der Waals surface area contributed by atoms with E-state index in [2.05, 4.69) is 76.5 Å². The van der Waals surface area contributed by atoms with Crippen LogP contribution in [-0.4, -0.2) is 28.4 Å². The van der Waals surface area contributed by atoms with Crippen molar-refractivity contribution in [2.45, 2.75) is 26.7 Å². The van der Waals surface area contributed by atoms with E-state index in [0.717, 1.165) is 34.8 Å². The Kier molecular flexibility index (Phi) is 9.35. The van der Waals surface area contributed by atoms with Gasteiger partial charge in [0.15, 0.2) is 6.61 Å². The summed E-state index contributed by atoms with van der Waals surface area (Å²) in [5, 5.41) is 7.88. The van der Waals surface area contributed by atoms with Crippen LogP contribution in [0.15, 0.2) is 69.0 Å². The molecule has 10 heteroatoms. The van der Waals surface area contributed by atoms with E-state index in [-0.39, 0.29) is 18.1 Å². The fraction of sp³-hybridized carbons (Fsp3) is 0.185. The molecule has 4 rings (SSSR count). The van der Waals surface area contributed by atoms with Crippen LogP contribution >= 0.6 is 61.1 Å². The van der Waals surface area contributed by atoms with Crippen molar-refractivity contribution in [3.63, 3.8) is 0 Å². The van der Waals surface area contributed by atoms with E-state index in [1.54, 1.807) is 12.3 Å². The number of aromatic nitrogens is 2. The molecule has 0 spiro atoms. The molecule has 0 fully saturated rings. The van der Waals surface area contributed by atoms with Crippen LogP contribution in [0.25, 0.3) is 10.9 Å². The van der Waals surface area contributed by atoms with Gasteiger partial charge in [0.25, 0.3) is 11.5 Å². The molecule has 0 unspecified atom stereocenters. The SMILES string of the molecule is CCCc1nc2ccc(Br)cc2c(=O)n1N=Cc1cc(I)c(OCC(=O)Nc2ccccc2C)c(I)c1. The fourth-order valence-electron chi connectivity index (χ4n) is 3.65. The summed E-state index contributed by atoms with van der Waals surface area (Å²) in [7, 11) is 0. The maximum absolute atomic E-state index is 13.2. The molecule has 4 aromatic rings. The summed E-state index contributed by atoms with van der Waals surface area (Å²) in [6.45, 7) is 3.87. The molecule has 3 aromatic carbocycles. The second kappa shape index (κ2) is 12.5. The van der Waals surface area contributed by atoms with Gasteiger partial charge in [0.05, 0.1) is 24.3 Å². The quantitative estimate of drug-likeness (QED) is 0.163. The lowest BCUT2D eigenvalue weighted by molar-refractivity contribution is -0.118. The Balaban J connectivity index is 1.55. The van der Waals surface area contributed by atoms with Gasteiger partial charge in [-0.05, 0) is 106 Å². The van der Waals surface area contributed by atoms with Crippen molar-refractivity contribution in [1.82, 2.24) is 9.66 Å². The van der Waals surface area contributed by atoms with Gasteiger partial charge in [-0.3, -0.25) is 9.59 Å². The molecular weight excluding hydrogens is 762 g/mol. The Morgan fingerprint density at radius 1 is 1.16 bits per heavy atom. The highest BCUT2D eigenvalue weighted by Crippen LogP contribution is 2.29. The number of rotatable bonds is 8. The smallest absolute Gasteiger partial charge is 0.282 e. The van der Waals surface area contributed by atoms with Crippen LogP contribution < -0.4 is 15.6 Å². The molecule has 0 radical (unpaired) electrons. The molecule has 1 N–H and O–H groups in total. The molecule has 0 aliphatic rings. The predicted molar refractivity (Wildman–Crippen MR) is 168 cm³/mol. The maximum Gasteiger partial charge on any atom is 0.282 e. The van der Waals surface area contributed by atoms with Crippen LogP contribution in [0.1, 0.15) is 30.3 Å². The van der Waals surface area contributed by atoms with E-state index in [1.807, 2.05) is 62.4 Å². The van der Waals surface area contributed by atoms with Gasteiger partial charge < -0.3 is 10.1 Å². The van der Waals surface area contributed by atoms with E-state index in [4.69, 9.17) is 4.74 Å². The van der Waals surface area contributed by atoms with Gasteiger partial charge in [0.2, 0.25) is 0 Å². The molecule has 1 amide bonds. The third kappa shape index (κ3) is 6.77. The monoisotopic (exact) mass is 784 g/mol. The first-order chi connectivity index (χ1) is 17.8. The van der Waals surface area contributed by atoms with Crippen LogP contribution in [-0.2, 0) is 11.2 Å². The first kappa shape index (κ1) is 27.7. The zero-order chi connectivity index (χ0) is 26.5. The third-order valence-electron chi connectivity index (χ3n) is 5.46. The minimum Gasteiger partial charge on any atom is -0.482 e. The van der Waals surface area contributed by atoms with Crippen LogP contribution in [0.3, 0.4) is 0 Å². The van der Waals surface area contributed by atoms with Gasteiger partial charge in [-0.1, -0.05) is 41.1 Å². The van der Waals surface area contributed by atoms with Crippen molar-refractivity contribution in [2.75, 3.05) is 11.9 Å². The molecule has 190 valence electrons. The summed E-state index contributed by atoms with van der Waals surface area (Å²) in [5.41, 5.74) is 2.99. The van der Waals surface area contributed by atoms with E-state index in [9.17, 15) is 9.59 Å². The molecule has 0 bridgehead atoms. The number of ether oxygens (including phenoxy) is 1. The van der Waals surface area contributed by atoms with E-state index in [0.29, 0.717) is 28.9 Å². The number of fused-ring (bicyclic) bond motifs is 1. The van der Waals surface area contributed by atoms with E-state index >= 15 is 0 Å². The van der Waals surface area contributed by atoms with E-state index < -0.39 is 0 Å². The Morgan fingerprint density at radius 2 is 1.89 bits per heavy atom. The number of carbonyl (C=O) groups is 1. The van der Waals surface area contributed by atoms with Gasteiger partial charge in [-0.15, -0.1) is 0 Å². The molecule has 1 aromatic heterocycles. The van der Waals surface area contributed by atoms with Crippen LogP contribution in [0, 0.1) is 14.1 Å². The average molecular weight is 785 g/mol. The summed E-state index contributed by atoms with van der Waals surface area (Å²) in [6.07, 6.45) is 3.11. The topological polar surface area (TPSA) is 85.6 Å². The molecule has 0 saturated heterocycles. The van der Waals surface area contributed by atoms with Crippen molar-refractivity contribution in [3.8, 4) is 5.75 Å². The van der Waals surface area contributed by atoms with Gasteiger partial charge in [-0.25, -0.2) is 4.98 Å². The molecule has 7 nitrogen and oxygen atoms in total. The molecule has 0 aliphatic carbocycles. The molecular formula is C27H23BrI2N4O3. The van der Waals surface area contributed by atoms with Crippen LogP contribution in [0.4, 0.5) is 5.69 Å². The lowest BCUT2D eigenvalue weighted by Crippen LogP contribution is -2.22. The number of amides is 1. The van der Waals surface area contributed by atoms with Crippen LogP contribution in [0.5, 0.6) is 5.75 Å². The fourth-order valence-corrected chi connectivity index (χ4v) is 6.14. The van der Waals surface area contributed by atoms with Crippen molar-refractivity contribution in [1.29, 1.82) is 0 Å². The van der Waals surface area contributed by atoms with Crippen molar-refractivity contribution >= 4 is 89.8 Å². The van der Waals surface area contributed by atoms with Crippen molar-refractivity contribution in [3.05, 3.63) is 93.5 Å². The Bertz CT molecular complexity index is 1550. The number of carbonyl (C=O) groups excluding carboxylic acids is 1. The zero-order valence-corrected chi connectivity index (χ0v) is 26.0. The standard InChI is InChI=1S/C27H23BrI2N4O3/c1-3-6-24-32-23-10-9-18(28)13-19(23)27(36)34(24)31-14-17-11-20(29)26(21(30)12-17)37-15-25(35)33-22-8-5-4-7-16(22)2/h4-5,7-14H,3,6,15H2,1-2H3,(H,33,35). The molecule has 37 heavy (non-hydrogen) atoms. The second-order valence-corrected chi connectivity index (χ2v) is 11.5. The number of nitrogens with one attached hydrogen (secondary N) is 1. The summed E-state index contributed by atoms with van der Waals surface area (Å²) < 4.78 is 9.69. The largest absolute Gasteiger partial charge is 0.482 e. The number of aryl methyl sites for hydroxylation is 2. The summed E-state index contributed by atoms with van der Waals surface area (Å²) >= 11 is 7.78. The third-order valence-corrected chi connectivity index (χ3v) is 7.55. The first-order valence-corrected chi connectivity index (χ1v) is 14.4. The lowest BCUT2D eigenvalue weighted by atomic mass is 10.2. The maximum atomic E-state index is 13.2. The van der Waals surface area contributed by atoms with Crippen molar-refractivity contribution < 1.29 is 9.53 Å². The minimum atomic E-state index is -0.232. The van der Waals surface area contributed by atoms with Gasteiger partial charge in [-0.2, -0.15) is 9.78 Å². The number of benzene rings is 3. The van der Waals surface area contributed by atoms with Gasteiger partial charge in [0.1, 0.15) is 11.6 Å². The Morgan fingerprint density at radius 3 is 2.59 bits per heavy atom. The number of hydrogen-bond acceptors (Lipinski definition) is 5. The van der Waals surface area contributed by atoms with Crippen molar-refractivity contribution in [2.24, 2.45) is 5.10 Å². The highest BCUT2D eigenvalue weighted by molar-refractivity contribution is 14.1. The van der Waals surface area contributed by atoms with E-state index in [1.165, 1.54) is 4.68 Å². The minimum absolute atomic E-state index is 0.109. The number of para-hydroxylation sites is 1. The number of halogens is 3. The predicted octanol–water partition coefficient (Wildman–Crippen LogP) is 6.53. The highest BCUT2D eigenvalue weighted by Gasteiger charge is 2.13. The van der Waals surface area contributed by atoms with Gasteiger partial charge >= 0.3 is 0 Å². The highest BCUT2D eigenvalue weighted by atomic mass is 127. The Hall–Kier alpha value is -2.32. The number of nitrogens with zero attached hydrogens (tertiary/aromatic N) is 3. The second-order valence-electron chi connectivity index (χ2n) is 8.27. The molecule has 0 aliphatic heterocycles. The number of anilines is 1. The summed E-state index contributed by atoms with van der Waals surface area (Å²) in [6, 6.07) is 16.9. The Labute approximate surface area is 250 Å². The van der Waals surface area contributed by atoms with Gasteiger partial charge in [0, 0.05) is 16.6 Å². The summed E-state index contributed by atoms with van der Waals surface area (Å²) in [4.78, 5) is 30.3. The lowest BCUT2D eigenvalue weighted by Gasteiger charge is -2.12. The molecule has 0 atom stereocenters. The average Bonchev–Trinajstić information content (AvgIpc) is 2.85. The zero-order valence-electron chi connectivity index (χ0n) is 20.1. The first-order valence-electron chi connectivity index (χ1n) is 11.5. The number of hydrogen-bond donors (Lipinski definition) is 1. The normalized spacial score (nSPS) is 11.3. The summed E-state index contributed by atoms with van der Waals surface area (Å²) in [5.74, 6) is 1.01. The van der Waals surface area contributed by atoms with Crippen LogP contribution in [0.2, 0.25) is 0 Å².